The fourth-order valence-electron chi connectivity index (χ4n) is 3.64. The molecule has 1 saturated heterocycles. The third-order valence-corrected chi connectivity index (χ3v) is 4.03. The molecule has 0 aromatic rings. The van der Waals surface area contributed by atoms with Crippen molar-refractivity contribution in [1.82, 2.24) is 0 Å². The van der Waals surface area contributed by atoms with E-state index < -0.39 is 0 Å². The molecule has 84 valence electrons. The average Bonchev–Trinajstić information content (AvgIpc) is 2.15. The van der Waals surface area contributed by atoms with E-state index in [9.17, 15) is 0 Å². The van der Waals surface area contributed by atoms with Crippen LogP contribution < -0.4 is 0 Å². The Morgan fingerprint density at radius 3 is 2.20 bits per heavy atom. The Labute approximate surface area is 94.4 Å². The van der Waals surface area contributed by atoms with Gasteiger partial charge in [0.15, 0.2) is 0 Å². The molecule has 0 N–H and O–H groups in total. The summed E-state index contributed by atoms with van der Waals surface area (Å²) < 4.78 is 5.53. The Morgan fingerprint density at radius 2 is 1.73 bits per heavy atom. The molecular formula is C13H23BO. The number of allylic oxidation sites excluding steroid dienone is 2. The fourth-order valence-corrected chi connectivity index (χ4v) is 3.64. The minimum absolute atomic E-state index is 0.557. The van der Waals surface area contributed by atoms with Gasteiger partial charge in [0.1, 0.15) is 0 Å². The number of rotatable bonds is 2. The second-order valence-electron chi connectivity index (χ2n) is 5.77. The monoisotopic (exact) mass is 206 g/mol. The van der Waals surface area contributed by atoms with E-state index in [-0.39, 0.29) is 0 Å². The van der Waals surface area contributed by atoms with Crippen LogP contribution in [0.25, 0.3) is 0 Å². The van der Waals surface area contributed by atoms with Crippen LogP contribution in [-0.4, -0.2) is 14.0 Å². The Balaban J connectivity index is 1.96. The smallest absolute Gasteiger partial charge is 0.293 e. The third-order valence-electron chi connectivity index (χ3n) is 4.03. The van der Waals surface area contributed by atoms with Gasteiger partial charge in [-0.15, -0.1) is 0 Å². The molecule has 2 aliphatic rings. The van der Waals surface area contributed by atoms with Crippen LogP contribution >= 0.6 is 0 Å². The summed E-state index contributed by atoms with van der Waals surface area (Å²) in [4.78, 5) is 0. The lowest BCUT2D eigenvalue weighted by atomic mass is 9.46. The molecule has 1 aliphatic heterocycles. The molecule has 1 nitrogen and oxygen atoms in total. The standard InChI is InChI=1S/C13H23BO/c1-10(2)4-11-5-12-7-13(6-11)9-14(8-12)15-3/h4,11-13H,5-9H2,1-3H3. The lowest BCUT2D eigenvalue weighted by Crippen LogP contribution is -2.35. The van der Waals surface area contributed by atoms with Gasteiger partial charge in [-0.3, -0.25) is 0 Å². The Kier molecular flexibility index (Phi) is 3.55. The van der Waals surface area contributed by atoms with Crippen LogP contribution in [0.5, 0.6) is 0 Å². The normalized spacial score (nSPS) is 35.1. The molecule has 2 atom stereocenters. The SMILES string of the molecule is COB1CC2CC(C=C(C)C)CC(C1)C2. The van der Waals surface area contributed by atoms with Crippen LogP contribution in [0.4, 0.5) is 0 Å². The van der Waals surface area contributed by atoms with E-state index in [0.717, 1.165) is 17.8 Å². The van der Waals surface area contributed by atoms with E-state index in [0.29, 0.717) is 6.92 Å². The highest BCUT2D eigenvalue weighted by Crippen LogP contribution is 2.43. The van der Waals surface area contributed by atoms with Gasteiger partial charge in [0, 0.05) is 7.11 Å². The van der Waals surface area contributed by atoms with E-state index in [1.807, 2.05) is 7.11 Å². The van der Waals surface area contributed by atoms with Gasteiger partial charge in [-0.05, 0) is 63.5 Å². The van der Waals surface area contributed by atoms with Crippen LogP contribution in [0, 0.1) is 17.8 Å². The molecular weight excluding hydrogens is 183 g/mol. The quantitative estimate of drug-likeness (QED) is 0.495. The van der Waals surface area contributed by atoms with E-state index in [1.54, 1.807) is 0 Å². The van der Waals surface area contributed by atoms with Crippen molar-refractivity contribution in [1.29, 1.82) is 0 Å². The Morgan fingerprint density at radius 1 is 1.13 bits per heavy atom. The molecule has 0 amide bonds. The zero-order chi connectivity index (χ0) is 10.8. The molecule has 1 saturated carbocycles. The van der Waals surface area contributed by atoms with Crippen molar-refractivity contribution >= 4 is 6.92 Å². The van der Waals surface area contributed by atoms with Crippen LogP contribution in [0.15, 0.2) is 11.6 Å². The lowest BCUT2D eigenvalue weighted by Gasteiger charge is -2.40. The Hall–Kier alpha value is -0.235. The summed E-state index contributed by atoms with van der Waals surface area (Å²) in [6, 6.07) is 0. The van der Waals surface area contributed by atoms with E-state index >= 15 is 0 Å². The minimum Gasteiger partial charge on any atom is -0.438 e. The topological polar surface area (TPSA) is 9.23 Å². The predicted molar refractivity (Wildman–Crippen MR) is 66.1 cm³/mol. The molecule has 2 rings (SSSR count). The summed E-state index contributed by atoms with van der Waals surface area (Å²) in [6.45, 7) is 5.01. The molecule has 2 bridgehead atoms. The van der Waals surface area contributed by atoms with E-state index in [4.69, 9.17) is 4.65 Å². The molecule has 1 heterocycles. The second kappa shape index (κ2) is 4.73. The van der Waals surface area contributed by atoms with Crippen molar-refractivity contribution in [3.8, 4) is 0 Å². The summed E-state index contributed by atoms with van der Waals surface area (Å²) >= 11 is 0. The molecule has 0 radical (unpaired) electrons. The first-order valence-corrected chi connectivity index (χ1v) is 6.35. The summed E-state index contributed by atoms with van der Waals surface area (Å²) in [5.41, 5.74) is 1.49. The van der Waals surface area contributed by atoms with Crippen LogP contribution in [0.2, 0.25) is 12.6 Å². The molecule has 1 aliphatic carbocycles. The minimum atomic E-state index is 0.557. The fraction of sp³-hybridized carbons (Fsp3) is 0.846. The zero-order valence-electron chi connectivity index (χ0n) is 10.3. The molecule has 2 fully saturated rings. The van der Waals surface area contributed by atoms with Crippen LogP contribution in [0.3, 0.4) is 0 Å². The van der Waals surface area contributed by atoms with Crippen molar-refractivity contribution in [2.75, 3.05) is 7.11 Å². The molecule has 0 aromatic heterocycles. The number of hydrogen-bond acceptors (Lipinski definition) is 1. The van der Waals surface area contributed by atoms with Gasteiger partial charge >= 0.3 is 0 Å². The van der Waals surface area contributed by atoms with E-state index in [2.05, 4.69) is 19.9 Å². The number of fused-ring (bicyclic) bond motifs is 2. The van der Waals surface area contributed by atoms with Gasteiger partial charge in [-0.1, -0.05) is 11.6 Å². The summed E-state index contributed by atoms with van der Waals surface area (Å²) in [5.74, 6) is 2.72. The molecule has 0 aromatic carbocycles. The van der Waals surface area contributed by atoms with Crippen molar-refractivity contribution in [3.63, 3.8) is 0 Å². The van der Waals surface area contributed by atoms with Gasteiger partial charge in [0.25, 0.3) is 6.92 Å². The van der Waals surface area contributed by atoms with Crippen molar-refractivity contribution < 1.29 is 4.65 Å². The highest BCUT2D eigenvalue weighted by molar-refractivity contribution is 6.52. The first-order chi connectivity index (χ1) is 7.17. The molecule has 15 heavy (non-hydrogen) atoms. The highest BCUT2D eigenvalue weighted by atomic mass is 16.4. The molecule has 2 unspecified atom stereocenters. The lowest BCUT2D eigenvalue weighted by molar-refractivity contribution is 0.218. The Bertz CT molecular complexity index is 231. The summed E-state index contributed by atoms with van der Waals surface area (Å²) in [7, 11) is 1.87. The number of hydrogen-bond donors (Lipinski definition) is 0. The van der Waals surface area contributed by atoms with Crippen LogP contribution in [-0.2, 0) is 4.65 Å². The molecule has 2 heteroatoms. The largest absolute Gasteiger partial charge is 0.438 e. The van der Waals surface area contributed by atoms with E-state index in [1.165, 1.54) is 37.5 Å². The van der Waals surface area contributed by atoms with Gasteiger partial charge in [-0.25, -0.2) is 0 Å². The van der Waals surface area contributed by atoms with Gasteiger partial charge in [0.2, 0.25) is 0 Å². The highest BCUT2D eigenvalue weighted by Gasteiger charge is 2.37. The summed E-state index contributed by atoms with van der Waals surface area (Å²) in [5, 5.41) is 0. The maximum atomic E-state index is 5.53. The van der Waals surface area contributed by atoms with Crippen molar-refractivity contribution in [3.05, 3.63) is 11.6 Å². The van der Waals surface area contributed by atoms with Crippen LogP contribution in [0.1, 0.15) is 33.1 Å². The van der Waals surface area contributed by atoms with Crippen molar-refractivity contribution in [2.24, 2.45) is 17.8 Å². The maximum Gasteiger partial charge on any atom is 0.293 e. The predicted octanol–water partition coefficient (Wildman–Crippen LogP) is 3.64. The zero-order valence-corrected chi connectivity index (χ0v) is 10.3. The molecule has 0 spiro atoms. The third kappa shape index (κ3) is 2.87. The first kappa shape index (κ1) is 11.3. The second-order valence-corrected chi connectivity index (χ2v) is 5.77. The van der Waals surface area contributed by atoms with Gasteiger partial charge < -0.3 is 4.65 Å². The van der Waals surface area contributed by atoms with Gasteiger partial charge in [0.05, 0.1) is 0 Å². The first-order valence-electron chi connectivity index (χ1n) is 6.35. The van der Waals surface area contributed by atoms with Crippen molar-refractivity contribution in [2.45, 2.75) is 45.8 Å². The average molecular weight is 206 g/mol. The maximum absolute atomic E-state index is 5.53. The van der Waals surface area contributed by atoms with Gasteiger partial charge in [-0.2, -0.15) is 0 Å². The summed E-state index contributed by atoms with van der Waals surface area (Å²) in [6.07, 6.45) is 9.38.